The minimum absolute atomic E-state index is 0.0593. The van der Waals surface area contributed by atoms with Crippen molar-refractivity contribution >= 4 is 11.6 Å². The first-order valence-corrected chi connectivity index (χ1v) is 8.43. The number of aliphatic hydroxyl groups excluding tert-OH is 1. The van der Waals surface area contributed by atoms with E-state index in [1.54, 1.807) is 0 Å². The van der Waals surface area contributed by atoms with E-state index < -0.39 is 23.6 Å². The second-order valence-corrected chi connectivity index (χ2v) is 6.50. The highest BCUT2D eigenvalue weighted by Gasteiger charge is 2.57. The summed E-state index contributed by atoms with van der Waals surface area (Å²) < 4.78 is 31.0. The lowest BCUT2D eigenvalue weighted by atomic mass is 10.1. The predicted molar refractivity (Wildman–Crippen MR) is 91.7 cm³/mol. The fourth-order valence-electron chi connectivity index (χ4n) is 2.69. The van der Waals surface area contributed by atoms with Gasteiger partial charge < -0.3 is 19.3 Å². The largest absolute Gasteiger partial charge is 0.374 e. The van der Waals surface area contributed by atoms with Crippen LogP contribution in [0.1, 0.15) is 11.1 Å². The predicted octanol–water partition coefficient (Wildman–Crippen LogP) is 3.41. The van der Waals surface area contributed by atoms with Crippen molar-refractivity contribution in [2.45, 2.75) is 36.8 Å². The van der Waals surface area contributed by atoms with Crippen molar-refractivity contribution in [2.75, 3.05) is 6.61 Å². The van der Waals surface area contributed by atoms with E-state index in [1.165, 1.54) is 0 Å². The van der Waals surface area contributed by atoms with Crippen LogP contribution in [0.3, 0.4) is 0 Å². The first kappa shape index (κ1) is 18.3. The zero-order chi connectivity index (χ0) is 17.7. The van der Waals surface area contributed by atoms with Crippen molar-refractivity contribution in [2.24, 2.45) is 0 Å². The summed E-state index contributed by atoms with van der Waals surface area (Å²) in [5.41, 5.74) is 1.86. The standard InChI is InChI=1S/C19H20ClFO4/c20-19(21)17(24-12-15-9-5-2-6-10-15)16(25-18(19)22)13-23-11-14-7-3-1-4-8-14/h1-10,16-18,22H,11-13H2. The first-order chi connectivity index (χ1) is 12.1. The van der Waals surface area contributed by atoms with Crippen LogP contribution in [-0.2, 0) is 27.4 Å². The van der Waals surface area contributed by atoms with Crippen molar-refractivity contribution in [1.29, 1.82) is 0 Å². The van der Waals surface area contributed by atoms with Gasteiger partial charge in [0.15, 0.2) is 0 Å². The molecule has 2 aromatic carbocycles. The summed E-state index contributed by atoms with van der Waals surface area (Å²) in [6, 6.07) is 18.9. The Morgan fingerprint density at radius 1 is 1.00 bits per heavy atom. The van der Waals surface area contributed by atoms with Crippen LogP contribution in [0, 0.1) is 0 Å². The molecule has 6 heteroatoms. The fourth-order valence-corrected chi connectivity index (χ4v) is 2.94. The average molecular weight is 367 g/mol. The van der Waals surface area contributed by atoms with Crippen LogP contribution in [0.15, 0.2) is 60.7 Å². The lowest BCUT2D eigenvalue weighted by Gasteiger charge is -2.24. The number of halogens is 2. The zero-order valence-corrected chi connectivity index (χ0v) is 14.3. The quantitative estimate of drug-likeness (QED) is 0.763. The highest BCUT2D eigenvalue weighted by Crippen LogP contribution is 2.39. The van der Waals surface area contributed by atoms with Crippen molar-refractivity contribution in [1.82, 2.24) is 0 Å². The molecule has 134 valence electrons. The van der Waals surface area contributed by atoms with Crippen LogP contribution in [-0.4, -0.2) is 35.3 Å². The molecule has 0 aliphatic carbocycles. The van der Waals surface area contributed by atoms with Crippen LogP contribution < -0.4 is 0 Å². The summed E-state index contributed by atoms with van der Waals surface area (Å²) in [6.07, 6.45) is -3.70. The molecule has 4 unspecified atom stereocenters. The molecule has 1 fully saturated rings. The SMILES string of the molecule is OC1OC(COCc2ccccc2)C(OCc2ccccc2)C1(F)Cl. The molecule has 0 bridgehead atoms. The summed E-state index contributed by atoms with van der Waals surface area (Å²) in [5, 5.41) is 7.23. The van der Waals surface area contributed by atoms with Crippen molar-refractivity contribution < 1.29 is 23.7 Å². The van der Waals surface area contributed by atoms with E-state index in [0.717, 1.165) is 11.1 Å². The molecule has 0 aromatic heterocycles. The maximum absolute atomic E-state index is 14.6. The molecule has 0 saturated carbocycles. The molecule has 3 rings (SSSR count). The number of ether oxygens (including phenoxy) is 3. The normalized spacial score (nSPS) is 29.0. The van der Waals surface area contributed by atoms with Gasteiger partial charge in [0, 0.05) is 0 Å². The van der Waals surface area contributed by atoms with Crippen LogP contribution in [0.2, 0.25) is 0 Å². The Balaban J connectivity index is 1.58. The minimum atomic E-state index is -2.52. The van der Waals surface area contributed by atoms with Gasteiger partial charge in [-0.2, -0.15) is 0 Å². The van der Waals surface area contributed by atoms with Crippen LogP contribution >= 0.6 is 11.6 Å². The number of hydrogen-bond donors (Lipinski definition) is 1. The Morgan fingerprint density at radius 3 is 2.16 bits per heavy atom. The molecule has 1 aliphatic rings. The molecular weight excluding hydrogens is 347 g/mol. The van der Waals surface area contributed by atoms with Crippen molar-refractivity contribution in [3.63, 3.8) is 0 Å². The smallest absolute Gasteiger partial charge is 0.262 e. The van der Waals surface area contributed by atoms with Crippen LogP contribution in [0.5, 0.6) is 0 Å². The maximum atomic E-state index is 14.6. The molecule has 25 heavy (non-hydrogen) atoms. The van der Waals surface area contributed by atoms with Crippen LogP contribution in [0.4, 0.5) is 4.39 Å². The molecular formula is C19H20ClFO4. The molecule has 1 heterocycles. The molecule has 0 amide bonds. The Labute approximate surface area is 151 Å². The van der Waals surface area contributed by atoms with E-state index in [4.69, 9.17) is 25.8 Å². The van der Waals surface area contributed by atoms with E-state index in [9.17, 15) is 9.50 Å². The van der Waals surface area contributed by atoms with Gasteiger partial charge in [-0.05, 0) is 11.1 Å². The Kier molecular flexibility index (Phi) is 6.04. The number of benzene rings is 2. The topological polar surface area (TPSA) is 47.9 Å². The summed E-state index contributed by atoms with van der Waals surface area (Å²) >= 11 is 5.82. The number of hydrogen-bond acceptors (Lipinski definition) is 4. The van der Waals surface area contributed by atoms with Gasteiger partial charge in [0.1, 0.15) is 12.2 Å². The van der Waals surface area contributed by atoms with E-state index in [1.807, 2.05) is 60.7 Å². The average Bonchev–Trinajstić information content (AvgIpc) is 2.84. The van der Waals surface area contributed by atoms with Gasteiger partial charge in [0.25, 0.3) is 5.13 Å². The third-order valence-corrected chi connectivity index (χ3v) is 4.42. The van der Waals surface area contributed by atoms with Crippen molar-refractivity contribution in [3.8, 4) is 0 Å². The third kappa shape index (κ3) is 4.57. The van der Waals surface area contributed by atoms with E-state index in [0.29, 0.717) is 6.61 Å². The maximum Gasteiger partial charge on any atom is 0.262 e. The lowest BCUT2D eigenvalue weighted by Crippen LogP contribution is -2.42. The monoisotopic (exact) mass is 366 g/mol. The van der Waals surface area contributed by atoms with Gasteiger partial charge in [-0.3, -0.25) is 0 Å². The molecule has 0 radical (unpaired) electrons. The van der Waals surface area contributed by atoms with E-state index >= 15 is 0 Å². The van der Waals surface area contributed by atoms with Gasteiger partial charge in [-0.15, -0.1) is 0 Å². The minimum Gasteiger partial charge on any atom is -0.374 e. The van der Waals surface area contributed by atoms with Gasteiger partial charge in [0.2, 0.25) is 6.29 Å². The lowest BCUT2D eigenvalue weighted by molar-refractivity contribution is -0.134. The Bertz CT molecular complexity index is 653. The molecule has 2 aromatic rings. The summed E-state index contributed by atoms with van der Waals surface area (Å²) in [6.45, 7) is 0.572. The summed E-state index contributed by atoms with van der Waals surface area (Å²) in [4.78, 5) is 0. The number of rotatable bonds is 7. The van der Waals surface area contributed by atoms with Gasteiger partial charge in [-0.25, -0.2) is 4.39 Å². The molecule has 1 saturated heterocycles. The molecule has 4 atom stereocenters. The van der Waals surface area contributed by atoms with E-state index in [-0.39, 0.29) is 13.2 Å². The molecule has 1 N–H and O–H groups in total. The highest BCUT2D eigenvalue weighted by molar-refractivity contribution is 6.23. The molecule has 0 spiro atoms. The highest BCUT2D eigenvalue weighted by atomic mass is 35.5. The number of aliphatic hydroxyl groups is 1. The summed E-state index contributed by atoms with van der Waals surface area (Å²) in [5.74, 6) is 0. The molecule has 4 nitrogen and oxygen atoms in total. The number of alkyl halides is 2. The van der Waals surface area contributed by atoms with E-state index in [2.05, 4.69) is 0 Å². The Morgan fingerprint density at radius 2 is 1.56 bits per heavy atom. The second kappa shape index (κ2) is 8.25. The van der Waals surface area contributed by atoms with Crippen LogP contribution in [0.25, 0.3) is 0 Å². The Hall–Kier alpha value is -1.50. The fraction of sp³-hybridized carbons (Fsp3) is 0.368. The second-order valence-electron chi connectivity index (χ2n) is 5.92. The third-order valence-electron chi connectivity index (χ3n) is 4.02. The van der Waals surface area contributed by atoms with Crippen molar-refractivity contribution in [3.05, 3.63) is 71.8 Å². The molecule has 1 aliphatic heterocycles. The van der Waals surface area contributed by atoms with Gasteiger partial charge in [-0.1, -0.05) is 72.3 Å². The van der Waals surface area contributed by atoms with Gasteiger partial charge >= 0.3 is 0 Å². The zero-order valence-electron chi connectivity index (χ0n) is 13.6. The summed E-state index contributed by atoms with van der Waals surface area (Å²) in [7, 11) is 0. The van der Waals surface area contributed by atoms with Gasteiger partial charge in [0.05, 0.1) is 19.8 Å². The first-order valence-electron chi connectivity index (χ1n) is 8.06.